The lowest BCUT2D eigenvalue weighted by atomic mass is 9.80. The summed E-state index contributed by atoms with van der Waals surface area (Å²) in [6, 6.07) is 59.6. The van der Waals surface area contributed by atoms with E-state index in [9.17, 15) is 18.6 Å². The van der Waals surface area contributed by atoms with Crippen molar-refractivity contribution in [3.8, 4) is 11.5 Å². The number of hydrogen-bond donors (Lipinski definition) is 3. The van der Waals surface area contributed by atoms with Crippen LogP contribution in [0.1, 0.15) is 64.8 Å². The Bertz CT molecular complexity index is 4530. The number of hydrogen-bond acceptors (Lipinski definition) is 11. The highest BCUT2D eigenvalue weighted by molar-refractivity contribution is 8.08. The molecule has 0 saturated carbocycles. The van der Waals surface area contributed by atoms with Crippen LogP contribution in [0, 0.1) is 0 Å². The van der Waals surface area contributed by atoms with Crippen LogP contribution in [0.5, 0.6) is 11.5 Å². The molecule has 20 heteroatoms. The number of ether oxygens (including phenoxy) is 3. The van der Waals surface area contributed by atoms with Crippen molar-refractivity contribution < 1.29 is 42.1 Å². The molecule has 17 nitrogen and oxygen atoms in total. The second-order valence-corrected chi connectivity index (χ2v) is 24.0. The lowest BCUT2D eigenvalue weighted by Gasteiger charge is -2.38. The summed E-state index contributed by atoms with van der Waals surface area (Å²) in [5, 5.41) is 11.4. The number of nitrogens with one attached hydrogen (secondary N) is 3. The fraction of sp³-hybridized carbons (Fsp3) is 0.159. The van der Waals surface area contributed by atoms with Crippen LogP contribution >= 0.6 is 17.1 Å². The molecule has 14 rings (SSSR count). The van der Waals surface area contributed by atoms with Crippen molar-refractivity contribution >= 4 is 108 Å². The van der Waals surface area contributed by atoms with Crippen molar-refractivity contribution in [1.29, 1.82) is 0 Å². The van der Waals surface area contributed by atoms with E-state index < -0.39 is 19.7 Å². The molecule has 3 aliphatic heterocycles. The number of carbonyl (C=O) groups is 4. The minimum absolute atomic E-state index is 0.0270. The van der Waals surface area contributed by atoms with E-state index in [1.54, 1.807) is 36.2 Å². The first-order valence-electron chi connectivity index (χ1n) is 29.1. The number of amides is 3. The van der Waals surface area contributed by atoms with Crippen LogP contribution in [0.3, 0.4) is 0 Å². The van der Waals surface area contributed by atoms with E-state index in [0.717, 1.165) is 89.0 Å². The number of nitrogens with zero attached hydrogens (tertiary/aromatic N) is 6. The fourth-order valence-electron chi connectivity index (χ4n) is 12.8. The number of anilines is 4. The van der Waals surface area contributed by atoms with Crippen LogP contribution in [-0.4, -0.2) is 85.8 Å². The Hall–Kier alpha value is -9.99. The largest absolute Gasteiger partial charge is 0.497 e. The van der Waals surface area contributed by atoms with E-state index in [-0.39, 0.29) is 36.7 Å². The SMILES string of the molecule is COc1ccc(C(OCN(CC(=O)N2CCc3c2ccc2[nH]c(C(=O)N4CCc5c4ccc4[nH]c(C(=O)N6CCc7c6ccc6[nH]c(C(=O)OP(F)P)cc76)cc54)cc32)c2ccc(N=Nc3ccccc3)cc2)(c2ccccc2)c2ccc(OC)cc2)cc1. The zero-order valence-corrected chi connectivity index (χ0v) is 50.5. The first-order valence-corrected chi connectivity index (χ1v) is 31.8. The zero-order chi connectivity index (χ0) is 60.9. The molecule has 0 saturated heterocycles. The molecule has 0 radical (unpaired) electrons. The van der Waals surface area contributed by atoms with Gasteiger partial charge in [-0.25, -0.2) is 4.79 Å². The van der Waals surface area contributed by atoms with Crippen molar-refractivity contribution in [2.24, 2.45) is 10.2 Å². The topological polar surface area (TPSA) is 190 Å². The van der Waals surface area contributed by atoms with Gasteiger partial charge in [-0.2, -0.15) is 14.4 Å². The highest BCUT2D eigenvalue weighted by Gasteiger charge is 2.40. The molecule has 2 atom stereocenters. The molecule has 3 aromatic heterocycles. The van der Waals surface area contributed by atoms with Crippen molar-refractivity contribution in [3.05, 3.63) is 239 Å². The maximum Gasteiger partial charge on any atom is 0.359 e. The van der Waals surface area contributed by atoms with Gasteiger partial charge in [0.15, 0.2) is 0 Å². The van der Waals surface area contributed by atoms with Gasteiger partial charge in [0.1, 0.15) is 40.9 Å². The van der Waals surface area contributed by atoms with Crippen molar-refractivity contribution in [1.82, 2.24) is 15.0 Å². The summed E-state index contributed by atoms with van der Waals surface area (Å²) in [4.78, 5) is 73.7. The summed E-state index contributed by atoms with van der Waals surface area (Å²) in [5.74, 6) is 0.0630. The Kier molecular flexibility index (Phi) is 15.1. The number of H-pyrrole nitrogens is 3. The second-order valence-electron chi connectivity index (χ2n) is 22.0. The van der Waals surface area contributed by atoms with Crippen molar-refractivity contribution in [2.45, 2.75) is 24.9 Å². The molecule has 89 heavy (non-hydrogen) atoms. The van der Waals surface area contributed by atoms with E-state index in [0.29, 0.717) is 73.0 Å². The van der Waals surface area contributed by atoms with E-state index in [4.69, 9.17) is 18.7 Å². The van der Waals surface area contributed by atoms with E-state index in [1.807, 2.05) is 195 Å². The van der Waals surface area contributed by atoms with Crippen LogP contribution < -0.4 is 29.1 Å². The molecule has 444 valence electrons. The fourth-order valence-corrected chi connectivity index (χ4v) is 13.4. The minimum Gasteiger partial charge on any atom is -0.497 e. The maximum atomic E-state index is 15.1. The number of aromatic amines is 3. The predicted molar refractivity (Wildman–Crippen MR) is 348 cm³/mol. The summed E-state index contributed by atoms with van der Waals surface area (Å²) in [7, 11) is 2.68. The van der Waals surface area contributed by atoms with Gasteiger partial charge in [-0.3, -0.25) is 14.4 Å². The first-order chi connectivity index (χ1) is 43.4. The third kappa shape index (κ3) is 10.5. The van der Waals surface area contributed by atoms with Crippen LogP contribution in [0.15, 0.2) is 198 Å². The minimum atomic E-state index is -2.46. The van der Waals surface area contributed by atoms with Gasteiger partial charge < -0.3 is 53.3 Å². The van der Waals surface area contributed by atoms with Gasteiger partial charge in [-0.15, -0.1) is 0 Å². The Labute approximate surface area is 514 Å². The lowest BCUT2D eigenvalue weighted by Crippen LogP contribution is -2.43. The van der Waals surface area contributed by atoms with Crippen molar-refractivity contribution in [2.75, 3.05) is 66.7 Å². The molecule has 0 spiro atoms. The van der Waals surface area contributed by atoms with E-state index in [1.165, 1.54) is 0 Å². The summed E-state index contributed by atoms with van der Waals surface area (Å²) >= 11 is 0. The van der Waals surface area contributed by atoms with Gasteiger partial charge in [-0.05, 0) is 177 Å². The normalized spacial score (nSPS) is 14.0. The number of fused-ring (bicyclic) bond motifs is 9. The average Bonchev–Trinajstić information content (AvgIpc) is 1.93. The van der Waals surface area contributed by atoms with Crippen molar-refractivity contribution in [3.63, 3.8) is 0 Å². The highest BCUT2D eigenvalue weighted by atomic mass is 32.0. The number of azo groups is 1. The third-order valence-corrected chi connectivity index (χ3v) is 17.8. The highest BCUT2D eigenvalue weighted by Crippen LogP contribution is 2.48. The number of aromatic nitrogens is 3. The van der Waals surface area contributed by atoms with E-state index in [2.05, 4.69) is 25.2 Å². The molecule has 8 aromatic carbocycles. The predicted octanol–water partition coefficient (Wildman–Crippen LogP) is 14.6. The average molecular weight is 1220 g/mol. The first kappa shape index (κ1) is 56.8. The molecule has 3 N–H and O–H groups in total. The number of methoxy groups -OCH3 is 2. The molecular weight excluding hydrogens is 1160 g/mol. The molecule has 6 heterocycles. The lowest BCUT2D eigenvalue weighted by molar-refractivity contribution is -0.117. The van der Waals surface area contributed by atoms with Gasteiger partial charge >= 0.3 is 5.97 Å². The Morgan fingerprint density at radius 3 is 1.45 bits per heavy atom. The number of rotatable bonds is 17. The molecule has 0 aliphatic carbocycles. The monoisotopic (exact) mass is 1220 g/mol. The Balaban J connectivity index is 0.727. The molecule has 0 fully saturated rings. The number of benzene rings is 8. The molecule has 11 aromatic rings. The summed E-state index contributed by atoms with van der Waals surface area (Å²) < 4.78 is 36.9. The van der Waals surface area contributed by atoms with E-state index >= 15 is 4.79 Å². The third-order valence-electron chi connectivity index (χ3n) is 17.1. The van der Waals surface area contributed by atoms with Gasteiger partial charge in [-0.1, -0.05) is 72.8 Å². The number of halogens is 1. The molecule has 2 unspecified atom stereocenters. The molecule has 0 bridgehead atoms. The van der Waals surface area contributed by atoms with Gasteiger partial charge in [0.25, 0.3) is 20.0 Å². The van der Waals surface area contributed by atoms with Crippen LogP contribution in [0.4, 0.5) is 38.3 Å². The van der Waals surface area contributed by atoms with Crippen LogP contribution in [0.25, 0.3) is 32.7 Å². The molecule has 3 aliphatic rings. The van der Waals surface area contributed by atoms with Gasteiger partial charge in [0, 0.05) is 75.1 Å². The van der Waals surface area contributed by atoms with Gasteiger partial charge in [0.05, 0.1) is 32.1 Å². The summed E-state index contributed by atoms with van der Waals surface area (Å²) in [6.07, 6.45) is 1.73. The number of carbonyl (C=O) groups excluding carboxylic acids is 4. The molecule has 3 amide bonds. The quantitative estimate of drug-likeness (QED) is 0.0345. The Morgan fingerprint density at radius 1 is 0.539 bits per heavy atom. The Morgan fingerprint density at radius 2 is 0.966 bits per heavy atom. The molecular formula is C69H58FN9O8P2. The zero-order valence-electron chi connectivity index (χ0n) is 48.4. The second kappa shape index (κ2) is 23.6. The summed E-state index contributed by atoms with van der Waals surface area (Å²) in [6.45, 7) is 1.22. The van der Waals surface area contributed by atoms with Crippen LogP contribution in [-0.2, 0) is 38.9 Å². The standard InChI is InChI=1S/C69H58FN9O8P2/c1-84-48-21-13-43(14-22-48)69(42-9-5-3-6-10-42,44-15-23-49(85-2)24-16-44)86-41-76(47-19-17-46(18-20-47)75-74-45-11-7-4-8-12-45)40-65(80)77-34-31-50-53-37-59(71-56(53)25-28-62(50)77)66(81)78-35-32-51-54-38-60(72-57(54)26-29-63(51)78)67(82)79-36-33-52-55-39-61(68(83)87-89(70)88)73-58(55)27-30-64(52)79/h3-30,37-39,71-73H,31-36,40-41,88H2,1-2H3. The smallest absolute Gasteiger partial charge is 0.359 e. The maximum absolute atomic E-state index is 15.1. The van der Waals surface area contributed by atoms with Crippen LogP contribution in [0.2, 0.25) is 0 Å². The summed E-state index contributed by atoms with van der Waals surface area (Å²) in [5.41, 5.74) is 11.8. The van der Waals surface area contributed by atoms with Gasteiger partial charge in [0.2, 0.25) is 5.91 Å².